The van der Waals surface area contributed by atoms with Gasteiger partial charge in [-0.15, -0.1) is 0 Å². The predicted molar refractivity (Wildman–Crippen MR) is 95.5 cm³/mol. The van der Waals surface area contributed by atoms with Gasteiger partial charge >= 0.3 is 0 Å². The maximum atomic E-state index is 11.9. The number of hydrogen-bond donors (Lipinski definition) is 3. The SMILES string of the molecule is N=Cc1ccccc1NC(=O)CCC(=O)NCc1ccccc1Cl. The van der Waals surface area contributed by atoms with Crippen LogP contribution in [0, 0.1) is 5.41 Å². The molecule has 2 aromatic rings. The highest BCUT2D eigenvalue weighted by Crippen LogP contribution is 2.15. The molecule has 24 heavy (non-hydrogen) atoms. The molecule has 0 aliphatic heterocycles. The number of carbonyl (C=O) groups excluding carboxylic acids is 2. The first-order valence-electron chi connectivity index (χ1n) is 7.49. The van der Waals surface area contributed by atoms with Crippen LogP contribution in [-0.4, -0.2) is 18.0 Å². The van der Waals surface area contributed by atoms with Crippen LogP contribution in [0.15, 0.2) is 48.5 Å². The van der Waals surface area contributed by atoms with Crippen molar-refractivity contribution in [3.8, 4) is 0 Å². The van der Waals surface area contributed by atoms with Crippen molar-refractivity contribution in [1.82, 2.24) is 5.32 Å². The molecule has 0 saturated heterocycles. The molecule has 2 aromatic carbocycles. The van der Waals surface area contributed by atoms with Crippen LogP contribution >= 0.6 is 11.6 Å². The first-order valence-corrected chi connectivity index (χ1v) is 7.87. The van der Waals surface area contributed by atoms with Gasteiger partial charge in [0.2, 0.25) is 11.8 Å². The van der Waals surface area contributed by atoms with E-state index in [0.717, 1.165) is 5.56 Å². The van der Waals surface area contributed by atoms with Crippen LogP contribution in [0.1, 0.15) is 24.0 Å². The monoisotopic (exact) mass is 343 g/mol. The van der Waals surface area contributed by atoms with Crippen LogP contribution in [0.2, 0.25) is 5.02 Å². The van der Waals surface area contributed by atoms with Gasteiger partial charge in [0.1, 0.15) is 0 Å². The second-order valence-electron chi connectivity index (χ2n) is 5.15. The summed E-state index contributed by atoms with van der Waals surface area (Å²) in [4.78, 5) is 23.8. The Kier molecular flexibility index (Phi) is 6.51. The Hall–Kier alpha value is -2.66. The lowest BCUT2D eigenvalue weighted by atomic mass is 10.2. The lowest BCUT2D eigenvalue weighted by Crippen LogP contribution is -2.24. The molecule has 2 amide bonds. The minimum absolute atomic E-state index is 0.0701. The first-order chi connectivity index (χ1) is 11.6. The van der Waals surface area contributed by atoms with Crippen LogP contribution < -0.4 is 10.6 Å². The normalized spacial score (nSPS) is 10.0. The van der Waals surface area contributed by atoms with E-state index in [1.807, 2.05) is 18.2 Å². The summed E-state index contributed by atoms with van der Waals surface area (Å²) in [6.07, 6.45) is 1.33. The third-order valence-corrected chi connectivity index (χ3v) is 3.77. The average Bonchev–Trinajstić information content (AvgIpc) is 2.59. The van der Waals surface area contributed by atoms with Crippen LogP contribution in [0.4, 0.5) is 5.69 Å². The van der Waals surface area contributed by atoms with Gasteiger partial charge < -0.3 is 16.0 Å². The molecule has 3 N–H and O–H groups in total. The Morgan fingerprint density at radius 2 is 1.67 bits per heavy atom. The Bertz CT molecular complexity index is 747. The molecule has 2 rings (SSSR count). The Morgan fingerprint density at radius 3 is 2.42 bits per heavy atom. The maximum Gasteiger partial charge on any atom is 0.224 e. The summed E-state index contributed by atoms with van der Waals surface area (Å²) in [6, 6.07) is 14.3. The van der Waals surface area contributed by atoms with Crippen LogP contribution in [0.25, 0.3) is 0 Å². The zero-order chi connectivity index (χ0) is 17.4. The molecule has 0 atom stereocenters. The molecule has 0 fully saturated rings. The number of benzene rings is 2. The van der Waals surface area contributed by atoms with Crippen molar-refractivity contribution in [2.75, 3.05) is 5.32 Å². The summed E-state index contributed by atoms with van der Waals surface area (Å²) >= 11 is 6.02. The van der Waals surface area contributed by atoms with Crippen molar-refractivity contribution in [1.29, 1.82) is 5.41 Å². The summed E-state index contributed by atoms with van der Waals surface area (Å²) < 4.78 is 0. The Morgan fingerprint density at radius 1 is 1.00 bits per heavy atom. The molecule has 0 radical (unpaired) electrons. The van der Waals surface area contributed by atoms with E-state index in [2.05, 4.69) is 10.6 Å². The molecule has 5 nitrogen and oxygen atoms in total. The molecule has 0 saturated carbocycles. The lowest BCUT2D eigenvalue weighted by molar-refractivity contribution is -0.124. The molecular formula is C18H18ClN3O2. The number of carbonyl (C=O) groups is 2. The van der Waals surface area contributed by atoms with Crippen LogP contribution in [0.5, 0.6) is 0 Å². The van der Waals surface area contributed by atoms with Gasteiger partial charge in [-0.25, -0.2) is 0 Å². The number of amides is 2. The molecule has 0 aromatic heterocycles. The molecule has 124 valence electrons. The molecule has 0 aliphatic carbocycles. The second-order valence-corrected chi connectivity index (χ2v) is 5.56. The number of rotatable bonds is 7. The van der Waals surface area contributed by atoms with E-state index in [1.54, 1.807) is 30.3 Å². The predicted octanol–water partition coefficient (Wildman–Crippen LogP) is 3.37. The summed E-state index contributed by atoms with van der Waals surface area (Å²) in [7, 11) is 0. The molecular weight excluding hydrogens is 326 g/mol. The van der Waals surface area contributed by atoms with Gasteiger partial charge in [0.25, 0.3) is 0 Å². The van der Waals surface area contributed by atoms with E-state index in [4.69, 9.17) is 17.0 Å². The van der Waals surface area contributed by atoms with Crippen molar-refractivity contribution in [3.63, 3.8) is 0 Å². The van der Waals surface area contributed by atoms with E-state index in [0.29, 0.717) is 22.8 Å². The topological polar surface area (TPSA) is 82.1 Å². The van der Waals surface area contributed by atoms with Gasteiger partial charge in [0.05, 0.1) is 0 Å². The van der Waals surface area contributed by atoms with Gasteiger partial charge in [0, 0.05) is 41.9 Å². The fourth-order valence-corrected chi connectivity index (χ4v) is 2.30. The third-order valence-electron chi connectivity index (χ3n) is 3.40. The molecule has 0 heterocycles. The third kappa shape index (κ3) is 5.21. The van der Waals surface area contributed by atoms with Gasteiger partial charge in [0.15, 0.2) is 0 Å². The highest BCUT2D eigenvalue weighted by Gasteiger charge is 2.09. The van der Waals surface area contributed by atoms with Crippen molar-refractivity contribution in [2.24, 2.45) is 0 Å². The van der Waals surface area contributed by atoms with E-state index in [1.165, 1.54) is 6.21 Å². The molecule has 0 bridgehead atoms. The number of hydrogen-bond acceptors (Lipinski definition) is 3. The quantitative estimate of drug-likeness (QED) is 0.673. The minimum Gasteiger partial charge on any atom is -0.352 e. The molecule has 0 aliphatic rings. The number of anilines is 1. The number of para-hydroxylation sites is 1. The Labute approximate surface area is 145 Å². The summed E-state index contributed by atoms with van der Waals surface area (Å²) in [5.41, 5.74) is 2.01. The van der Waals surface area contributed by atoms with Crippen LogP contribution in [0.3, 0.4) is 0 Å². The molecule has 0 unspecified atom stereocenters. The maximum absolute atomic E-state index is 11.9. The highest BCUT2D eigenvalue weighted by atomic mass is 35.5. The standard InChI is InChI=1S/C18H18ClN3O2/c19-15-7-3-1-6-14(15)12-21-17(23)9-10-18(24)22-16-8-4-2-5-13(16)11-20/h1-8,11,20H,9-10,12H2,(H,21,23)(H,22,24). The van der Waals surface area contributed by atoms with E-state index in [-0.39, 0.29) is 24.7 Å². The fraction of sp³-hybridized carbons (Fsp3) is 0.167. The number of halogens is 1. The van der Waals surface area contributed by atoms with E-state index in [9.17, 15) is 9.59 Å². The first kappa shape index (κ1) is 17.7. The average molecular weight is 344 g/mol. The summed E-state index contributed by atoms with van der Waals surface area (Å²) in [5, 5.41) is 13.3. The summed E-state index contributed by atoms with van der Waals surface area (Å²) in [5.74, 6) is -0.484. The van der Waals surface area contributed by atoms with Crippen molar-refractivity contribution < 1.29 is 9.59 Å². The van der Waals surface area contributed by atoms with Crippen molar-refractivity contribution >= 4 is 35.3 Å². The molecule has 6 heteroatoms. The van der Waals surface area contributed by atoms with Crippen molar-refractivity contribution in [2.45, 2.75) is 19.4 Å². The van der Waals surface area contributed by atoms with Crippen molar-refractivity contribution in [3.05, 3.63) is 64.7 Å². The lowest BCUT2D eigenvalue weighted by Gasteiger charge is -2.09. The highest BCUT2D eigenvalue weighted by molar-refractivity contribution is 6.31. The minimum atomic E-state index is -0.266. The van der Waals surface area contributed by atoms with E-state index >= 15 is 0 Å². The molecule has 0 spiro atoms. The fourth-order valence-electron chi connectivity index (χ4n) is 2.10. The largest absolute Gasteiger partial charge is 0.352 e. The zero-order valence-corrected chi connectivity index (χ0v) is 13.8. The van der Waals surface area contributed by atoms with Gasteiger partial charge in [-0.05, 0) is 17.7 Å². The smallest absolute Gasteiger partial charge is 0.224 e. The Balaban J connectivity index is 1.78. The van der Waals surface area contributed by atoms with E-state index < -0.39 is 0 Å². The number of nitrogens with one attached hydrogen (secondary N) is 3. The van der Waals surface area contributed by atoms with Crippen LogP contribution in [-0.2, 0) is 16.1 Å². The van der Waals surface area contributed by atoms with Gasteiger partial charge in [-0.2, -0.15) is 0 Å². The van der Waals surface area contributed by atoms with Gasteiger partial charge in [-0.3, -0.25) is 9.59 Å². The van der Waals surface area contributed by atoms with Gasteiger partial charge in [-0.1, -0.05) is 48.0 Å². The zero-order valence-electron chi connectivity index (χ0n) is 13.0. The second kappa shape index (κ2) is 8.84. The summed E-state index contributed by atoms with van der Waals surface area (Å²) in [6.45, 7) is 0.330.